The van der Waals surface area contributed by atoms with E-state index in [-0.39, 0.29) is 0 Å². The van der Waals surface area contributed by atoms with Gasteiger partial charge in [-0.25, -0.2) is 4.98 Å². The molecular formula is C28H38N4O3S. The first-order valence-corrected chi connectivity index (χ1v) is 13.8. The number of ether oxygens (including phenoxy) is 3. The first-order chi connectivity index (χ1) is 17.8. The maximum absolute atomic E-state index is 5.40. The number of benzene rings is 2. The molecule has 4 rings (SSSR count). The Morgan fingerprint density at radius 1 is 0.889 bits per heavy atom. The molecule has 1 aliphatic rings. The monoisotopic (exact) mass is 510 g/mol. The first kappa shape index (κ1) is 26.5. The Labute approximate surface area is 218 Å². The number of hydrogen-bond donors (Lipinski definition) is 2. The molecule has 0 unspecified atom stereocenters. The number of aromatic nitrogens is 2. The number of nitrogens with zero attached hydrogens (tertiary/aromatic N) is 2. The van der Waals surface area contributed by atoms with E-state index in [0.717, 1.165) is 90.9 Å². The second-order valence-electron chi connectivity index (χ2n) is 8.84. The summed E-state index contributed by atoms with van der Waals surface area (Å²) in [6, 6.07) is 16.2. The molecule has 0 saturated carbocycles. The van der Waals surface area contributed by atoms with Gasteiger partial charge in [0.15, 0.2) is 5.16 Å². The fraction of sp³-hybridized carbons (Fsp3) is 0.464. The van der Waals surface area contributed by atoms with Gasteiger partial charge in [0.05, 0.1) is 38.8 Å². The molecule has 2 heterocycles. The molecule has 1 aromatic heterocycles. The molecular weight excluding hydrogens is 472 g/mol. The number of aromatic amines is 1. The summed E-state index contributed by atoms with van der Waals surface area (Å²) in [4.78, 5) is 11.0. The molecule has 1 aliphatic heterocycles. The maximum atomic E-state index is 5.40. The zero-order valence-corrected chi connectivity index (χ0v) is 22.2. The molecule has 0 aliphatic carbocycles. The molecule has 0 amide bonds. The Morgan fingerprint density at radius 2 is 1.56 bits per heavy atom. The molecule has 2 N–H and O–H groups in total. The van der Waals surface area contributed by atoms with Crippen LogP contribution in [0.1, 0.15) is 19.3 Å². The molecule has 0 atom stereocenters. The summed E-state index contributed by atoms with van der Waals surface area (Å²) in [5.41, 5.74) is 4.13. The Bertz CT molecular complexity index is 969. The van der Waals surface area contributed by atoms with Crippen LogP contribution in [0, 0.1) is 0 Å². The lowest BCUT2D eigenvalue weighted by Gasteiger charge is -2.26. The normalized spacial score (nSPS) is 14.2. The van der Waals surface area contributed by atoms with Crippen LogP contribution in [0.2, 0.25) is 0 Å². The van der Waals surface area contributed by atoms with E-state index in [2.05, 4.69) is 39.5 Å². The first-order valence-electron chi connectivity index (χ1n) is 12.8. The second kappa shape index (κ2) is 14.3. The van der Waals surface area contributed by atoms with Crippen molar-refractivity contribution in [3.63, 3.8) is 0 Å². The molecule has 8 heteroatoms. The van der Waals surface area contributed by atoms with Gasteiger partial charge in [0.1, 0.15) is 11.5 Å². The van der Waals surface area contributed by atoms with Gasteiger partial charge < -0.3 is 24.5 Å². The van der Waals surface area contributed by atoms with Gasteiger partial charge in [0.25, 0.3) is 0 Å². The van der Waals surface area contributed by atoms with E-state index >= 15 is 0 Å². The SMILES string of the molecule is COc1ccc(-c2nc(SCCCCCNCCN3CCOCC3)[nH]c2-c2ccc(OC)cc2)cc1. The number of H-pyrrole nitrogens is 1. The smallest absolute Gasteiger partial charge is 0.166 e. The van der Waals surface area contributed by atoms with E-state index in [1.165, 1.54) is 19.3 Å². The topological polar surface area (TPSA) is 71.6 Å². The highest BCUT2D eigenvalue weighted by Crippen LogP contribution is 2.34. The van der Waals surface area contributed by atoms with Gasteiger partial charge in [-0.3, -0.25) is 4.90 Å². The number of imidazole rings is 1. The van der Waals surface area contributed by atoms with Gasteiger partial charge in [-0.2, -0.15) is 0 Å². The van der Waals surface area contributed by atoms with Crippen molar-refractivity contribution in [2.45, 2.75) is 24.4 Å². The zero-order valence-electron chi connectivity index (χ0n) is 21.4. The third-order valence-electron chi connectivity index (χ3n) is 6.37. The van der Waals surface area contributed by atoms with Gasteiger partial charge in [-0.15, -0.1) is 0 Å². The van der Waals surface area contributed by atoms with E-state index in [4.69, 9.17) is 19.2 Å². The minimum absolute atomic E-state index is 0.838. The lowest BCUT2D eigenvalue weighted by Crippen LogP contribution is -2.40. The van der Waals surface area contributed by atoms with Crippen LogP contribution < -0.4 is 14.8 Å². The fourth-order valence-corrected chi connectivity index (χ4v) is 5.10. The lowest BCUT2D eigenvalue weighted by atomic mass is 10.0. The van der Waals surface area contributed by atoms with Gasteiger partial charge in [-0.1, -0.05) is 18.2 Å². The summed E-state index contributed by atoms with van der Waals surface area (Å²) in [5, 5.41) is 4.53. The standard InChI is InChI=1S/C28H38N4O3S/c1-33-24-10-6-22(7-11-24)26-27(23-8-12-25(34-2)13-9-23)31-28(30-26)36-21-5-3-4-14-29-15-16-32-17-19-35-20-18-32/h6-13,29H,3-5,14-21H2,1-2H3,(H,30,31). The number of morpholine rings is 1. The molecule has 3 aromatic rings. The number of hydrogen-bond acceptors (Lipinski definition) is 7. The molecule has 1 fully saturated rings. The number of rotatable bonds is 14. The van der Waals surface area contributed by atoms with E-state index in [1.54, 1.807) is 26.0 Å². The lowest BCUT2D eigenvalue weighted by molar-refractivity contribution is 0.0384. The number of methoxy groups -OCH3 is 2. The predicted octanol–water partition coefficient (Wildman–Crippen LogP) is 4.95. The molecule has 36 heavy (non-hydrogen) atoms. The van der Waals surface area contributed by atoms with Crippen LogP contribution in [-0.2, 0) is 4.74 Å². The highest BCUT2D eigenvalue weighted by Gasteiger charge is 2.15. The van der Waals surface area contributed by atoms with Gasteiger partial charge in [0, 0.05) is 43.1 Å². The van der Waals surface area contributed by atoms with Crippen LogP contribution in [0.25, 0.3) is 22.5 Å². The van der Waals surface area contributed by atoms with E-state index < -0.39 is 0 Å². The van der Waals surface area contributed by atoms with Crippen molar-refractivity contribution in [3.05, 3.63) is 48.5 Å². The van der Waals surface area contributed by atoms with Crippen LogP contribution in [-0.4, -0.2) is 80.8 Å². The number of unbranched alkanes of at least 4 members (excludes halogenated alkanes) is 2. The molecule has 2 aromatic carbocycles. The Balaban J connectivity index is 1.27. The highest BCUT2D eigenvalue weighted by atomic mass is 32.2. The fourth-order valence-electron chi connectivity index (χ4n) is 4.23. The van der Waals surface area contributed by atoms with E-state index in [0.29, 0.717) is 0 Å². The quantitative estimate of drug-likeness (QED) is 0.235. The Kier molecular flexibility index (Phi) is 10.5. The van der Waals surface area contributed by atoms with Crippen LogP contribution in [0.3, 0.4) is 0 Å². The number of nitrogens with one attached hydrogen (secondary N) is 2. The zero-order chi connectivity index (χ0) is 25.0. The molecule has 7 nitrogen and oxygen atoms in total. The molecule has 1 saturated heterocycles. The Morgan fingerprint density at radius 3 is 2.22 bits per heavy atom. The third kappa shape index (κ3) is 7.74. The molecule has 0 radical (unpaired) electrons. The molecule has 0 spiro atoms. The van der Waals surface area contributed by atoms with Crippen LogP contribution >= 0.6 is 11.8 Å². The van der Waals surface area contributed by atoms with Crippen molar-refractivity contribution in [2.24, 2.45) is 0 Å². The maximum Gasteiger partial charge on any atom is 0.166 e. The highest BCUT2D eigenvalue weighted by molar-refractivity contribution is 7.99. The van der Waals surface area contributed by atoms with Crippen molar-refractivity contribution in [3.8, 4) is 34.0 Å². The summed E-state index contributed by atoms with van der Waals surface area (Å²) >= 11 is 1.79. The Hall–Kier alpha value is -2.52. The van der Waals surface area contributed by atoms with Crippen molar-refractivity contribution >= 4 is 11.8 Å². The van der Waals surface area contributed by atoms with Crippen molar-refractivity contribution < 1.29 is 14.2 Å². The van der Waals surface area contributed by atoms with Gasteiger partial charge in [0.2, 0.25) is 0 Å². The van der Waals surface area contributed by atoms with Crippen molar-refractivity contribution in [1.29, 1.82) is 0 Å². The minimum atomic E-state index is 0.838. The minimum Gasteiger partial charge on any atom is -0.497 e. The van der Waals surface area contributed by atoms with E-state index in [1.807, 2.05) is 24.3 Å². The third-order valence-corrected chi connectivity index (χ3v) is 7.33. The van der Waals surface area contributed by atoms with Crippen LogP contribution in [0.5, 0.6) is 11.5 Å². The van der Waals surface area contributed by atoms with Crippen molar-refractivity contribution in [2.75, 3.05) is 65.9 Å². The second-order valence-corrected chi connectivity index (χ2v) is 9.92. The summed E-state index contributed by atoms with van der Waals surface area (Å²) in [5.74, 6) is 2.73. The predicted molar refractivity (Wildman–Crippen MR) is 147 cm³/mol. The van der Waals surface area contributed by atoms with Crippen molar-refractivity contribution in [1.82, 2.24) is 20.2 Å². The summed E-state index contributed by atoms with van der Waals surface area (Å²) in [6.45, 7) is 7.12. The van der Waals surface area contributed by atoms with Crippen LogP contribution in [0.4, 0.5) is 0 Å². The van der Waals surface area contributed by atoms with Crippen LogP contribution in [0.15, 0.2) is 53.7 Å². The van der Waals surface area contributed by atoms with Gasteiger partial charge >= 0.3 is 0 Å². The molecule has 194 valence electrons. The average Bonchev–Trinajstić information content (AvgIpc) is 3.37. The van der Waals surface area contributed by atoms with Gasteiger partial charge in [-0.05, 0) is 67.9 Å². The summed E-state index contributed by atoms with van der Waals surface area (Å²) in [7, 11) is 3.37. The average molecular weight is 511 g/mol. The molecule has 0 bridgehead atoms. The number of thioether (sulfide) groups is 1. The largest absolute Gasteiger partial charge is 0.497 e. The summed E-state index contributed by atoms with van der Waals surface area (Å²) in [6.07, 6.45) is 3.59. The van der Waals surface area contributed by atoms with E-state index in [9.17, 15) is 0 Å². The summed E-state index contributed by atoms with van der Waals surface area (Å²) < 4.78 is 16.1.